The van der Waals surface area contributed by atoms with Crippen molar-refractivity contribution in [2.75, 3.05) is 18.5 Å². The van der Waals surface area contributed by atoms with Crippen LogP contribution in [0.2, 0.25) is 10.0 Å². The van der Waals surface area contributed by atoms with Crippen molar-refractivity contribution in [1.82, 2.24) is 0 Å². The molecule has 104 valence electrons. The topological polar surface area (TPSA) is 20.3 Å². The van der Waals surface area contributed by atoms with Crippen molar-refractivity contribution in [3.05, 3.63) is 63.9 Å². The molecule has 2 nitrogen and oxygen atoms in total. The van der Waals surface area contributed by atoms with Gasteiger partial charge in [-0.05, 0) is 36.4 Å². The summed E-state index contributed by atoms with van der Waals surface area (Å²) in [6, 6.07) is 10.8. The molecule has 5 heteroatoms. The van der Waals surface area contributed by atoms with Crippen molar-refractivity contribution in [3.8, 4) is 0 Å². The van der Waals surface area contributed by atoms with E-state index in [1.165, 1.54) is 18.2 Å². The molecule has 0 saturated heterocycles. The number of hydrogen-bond donors (Lipinski definition) is 0. The fourth-order valence-electron chi connectivity index (χ4n) is 1.82. The Morgan fingerprint density at radius 3 is 2.65 bits per heavy atom. The molecule has 0 amide bonds. The molecule has 0 aliphatic carbocycles. The first-order valence-electron chi connectivity index (χ1n) is 5.92. The van der Waals surface area contributed by atoms with E-state index in [1.54, 1.807) is 36.2 Å². The number of ketones is 1. The van der Waals surface area contributed by atoms with Gasteiger partial charge in [0, 0.05) is 23.3 Å². The summed E-state index contributed by atoms with van der Waals surface area (Å²) >= 11 is 11.8. The van der Waals surface area contributed by atoms with Gasteiger partial charge in [-0.15, -0.1) is 0 Å². The molecule has 0 bridgehead atoms. The van der Waals surface area contributed by atoms with E-state index < -0.39 is 0 Å². The average Bonchev–Trinajstić information content (AvgIpc) is 2.41. The Balaban J connectivity index is 2.17. The van der Waals surface area contributed by atoms with Gasteiger partial charge in [-0.2, -0.15) is 0 Å². The number of carbonyl (C=O) groups excluding carboxylic acids is 1. The Bertz CT molecular complexity index is 646. The van der Waals surface area contributed by atoms with E-state index in [2.05, 4.69) is 0 Å². The van der Waals surface area contributed by atoms with Gasteiger partial charge in [0.05, 0.1) is 11.6 Å². The van der Waals surface area contributed by atoms with Gasteiger partial charge in [0.15, 0.2) is 5.78 Å². The molecule has 0 spiro atoms. The lowest BCUT2D eigenvalue weighted by atomic mass is 10.1. The third-order valence-corrected chi connectivity index (χ3v) is 3.42. The van der Waals surface area contributed by atoms with Crippen LogP contribution in [0.15, 0.2) is 42.5 Å². The highest BCUT2D eigenvalue weighted by molar-refractivity contribution is 6.36. The number of likely N-dealkylation sites (N-methyl/N-ethyl adjacent to an activating group) is 1. The second-order valence-electron chi connectivity index (χ2n) is 4.38. The van der Waals surface area contributed by atoms with Crippen LogP contribution in [0, 0.1) is 5.82 Å². The zero-order valence-electron chi connectivity index (χ0n) is 10.7. The van der Waals surface area contributed by atoms with E-state index in [1.807, 2.05) is 0 Å². The minimum Gasteiger partial charge on any atom is -0.367 e. The van der Waals surface area contributed by atoms with Crippen LogP contribution in [-0.4, -0.2) is 19.4 Å². The van der Waals surface area contributed by atoms with E-state index in [0.29, 0.717) is 21.3 Å². The molecule has 2 aromatic carbocycles. The predicted molar refractivity (Wildman–Crippen MR) is 80.5 cm³/mol. The Hall–Kier alpha value is -1.58. The first-order valence-corrected chi connectivity index (χ1v) is 6.68. The lowest BCUT2D eigenvalue weighted by molar-refractivity contribution is 0.100. The van der Waals surface area contributed by atoms with Gasteiger partial charge < -0.3 is 4.90 Å². The molecule has 0 atom stereocenters. The van der Waals surface area contributed by atoms with Gasteiger partial charge in [0.25, 0.3) is 0 Å². The molecule has 0 N–H and O–H groups in total. The summed E-state index contributed by atoms with van der Waals surface area (Å²) in [5.74, 6) is -0.521. The van der Waals surface area contributed by atoms with Gasteiger partial charge in [0.1, 0.15) is 5.82 Å². The first-order chi connectivity index (χ1) is 9.47. The standard InChI is InChI=1S/C15H12Cl2FNO/c1-19(12-4-2-3-11(18)8-12)9-15(20)13-7-10(16)5-6-14(13)17/h2-8H,9H2,1H3. The normalized spacial score (nSPS) is 10.4. The number of anilines is 1. The highest BCUT2D eigenvalue weighted by Crippen LogP contribution is 2.22. The van der Waals surface area contributed by atoms with Crippen LogP contribution >= 0.6 is 23.2 Å². The fourth-order valence-corrected chi connectivity index (χ4v) is 2.21. The Morgan fingerprint density at radius 2 is 1.95 bits per heavy atom. The predicted octanol–water partition coefficient (Wildman–Crippen LogP) is 4.45. The smallest absolute Gasteiger partial charge is 0.183 e. The lowest BCUT2D eigenvalue weighted by Crippen LogP contribution is -2.25. The lowest BCUT2D eigenvalue weighted by Gasteiger charge is -2.18. The van der Waals surface area contributed by atoms with Crippen LogP contribution in [0.4, 0.5) is 10.1 Å². The zero-order valence-corrected chi connectivity index (χ0v) is 12.2. The number of rotatable bonds is 4. The molecule has 0 radical (unpaired) electrons. The minimum atomic E-state index is -0.345. The van der Waals surface area contributed by atoms with Crippen LogP contribution < -0.4 is 4.90 Å². The largest absolute Gasteiger partial charge is 0.367 e. The number of hydrogen-bond acceptors (Lipinski definition) is 2. The van der Waals surface area contributed by atoms with Crippen LogP contribution in [0.25, 0.3) is 0 Å². The van der Waals surface area contributed by atoms with E-state index in [-0.39, 0.29) is 18.1 Å². The minimum absolute atomic E-state index is 0.0868. The van der Waals surface area contributed by atoms with Crippen molar-refractivity contribution in [1.29, 1.82) is 0 Å². The summed E-state index contributed by atoms with van der Waals surface area (Å²) in [4.78, 5) is 13.9. The number of halogens is 3. The van der Waals surface area contributed by atoms with Crippen molar-refractivity contribution in [2.24, 2.45) is 0 Å². The van der Waals surface area contributed by atoms with Gasteiger partial charge >= 0.3 is 0 Å². The molecule has 0 fully saturated rings. The summed E-state index contributed by atoms with van der Waals surface area (Å²) in [6.45, 7) is 0.0868. The molecule has 0 unspecified atom stereocenters. The molecule has 0 heterocycles. The second kappa shape index (κ2) is 6.25. The van der Waals surface area contributed by atoms with Crippen LogP contribution in [0.5, 0.6) is 0 Å². The summed E-state index contributed by atoms with van der Waals surface area (Å²) in [5.41, 5.74) is 0.985. The van der Waals surface area contributed by atoms with Crippen LogP contribution in [0.3, 0.4) is 0 Å². The fraction of sp³-hybridized carbons (Fsp3) is 0.133. The van der Waals surface area contributed by atoms with Crippen molar-refractivity contribution >= 4 is 34.7 Å². The molecule has 2 aromatic rings. The first kappa shape index (κ1) is 14.8. The molecule has 2 rings (SSSR count). The quantitative estimate of drug-likeness (QED) is 0.777. The molecule has 0 aliphatic rings. The number of carbonyl (C=O) groups is 1. The maximum absolute atomic E-state index is 13.2. The summed E-state index contributed by atoms with van der Waals surface area (Å²) in [7, 11) is 1.71. The van der Waals surface area contributed by atoms with Crippen LogP contribution in [-0.2, 0) is 0 Å². The van der Waals surface area contributed by atoms with Gasteiger partial charge in [-0.3, -0.25) is 4.79 Å². The van der Waals surface area contributed by atoms with E-state index >= 15 is 0 Å². The zero-order chi connectivity index (χ0) is 14.7. The Morgan fingerprint density at radius 1 is 1.20 bits per heavy atom. The summed E-state index contributed by atoms with van der Waals surface area (Å²) in [5, 5.41) is 0.804. The SMILES string of the molecule is CN(CC(=O)c1cc(Cl)ccc1Cl)c1cccc(F)c1. The summed E-state index contributed by atoms with van der Waals surface area (Å²) in [6.07, 6.45) is 0. The third kappa shape index (κ3) is 3.50. The maximum Gasteiger partial charge on any atom is 0.183 e. The van der Waals surface area contributed by atoms with Crippen molar-refractivity contribution in [3.63, 3.8) is 0 Å². The Kier molecular flexibility index (Phi) is 4.63. The summed E-state index contributed by atoms with van der Waals surface area (Å²) < 4.78 is 13.2. The number of nitrogens with zero attached hydrogens (tertiary/aromatic N) is 1. The van der Waals surface area contributed by atoms with Gasteiger partial charge in [-0.25, -0.2) is 4.39 Å². The molecular weight excluding hydrogens is 300 g/mol. The van der Waals surface area contributed by atoms with Crippen LogP contribution in [0.1, 0.15) is 10.4 Å². The van der Waals surface area contributed by atoms with Gasteiger partial charge in [0.2, 0.25) is 0 Å². The molecule has 0 aliphatic heterocycles. The number of Topliss-reactive ketones (excluding diaryl/α,β-unsaturated/α-hetero) is 1. The van der Waals surface area contributed by atoms with E-state index in [9.17, 15) is 9.18 Å². The second-order valence-corrected chi connectivity index (χ2v) is 5.23. The van der Waals surface area contributed by atoms with E-state index in [0.717, 1.165) is 0 Å². The maximum atomic E-state index is 13.2. The van der Waals surface area contributed by atoms with Crippen molar-refractivity contribution in [2.45, 2.75) is 0 Å². The van der Waals surface area contributed by atoms with Crippen molar-refractivity contribution < 1.29 is 9.18 Å². The average molecular weight is 312 g/mol. The molecular formula is C15H12Cl2FNO. The molecule has 20 heavy (non-hydrogen) atoms. The highest BCUT2D eigenvalue weighted by Gasteiger charge is 2.14. The van der Waals surface area contributed by atoms with Gasteiger partial charge in [-0.1, -0.05) is 29.3 Å². The number of benzene rings is 2. The monoisotopic (exact) mass is 311 g/mol. The third-order valence-electron chi connectivity index (χ3n) is 2.86. The molecule has 0 saturated carbocycles. The highest BCUT2D eigenvalue weighted by atomic mass is 35.5. The molecule has 0 aromatic heterocycles. The van der Waals surface area contributed by atoms with E-state index in [4.69, 9.17) is 23.2 Å². The Labute approximate surface area is 126 Å².